The molecule has 0 aliphatic carbocycles. The molecule has 2 aliphatic rings. The van der Waals surface area contributed by atoms with Crippen molar-refractivity contribution in [1.82, 2.24) is 9.80 Å². The third-order valence-electron chi connectivity index (χ3n) is 3.79. The maximum Gasteiger partial charge on any atom is 0.129 e. The van der Waals surface area contributed by atoms with Crippen LogP contribution in [0.2, 0.25) is 0 Å². The molecule has 2 aliphatic heterocycles. The second kappa shape index (κ2) is 4.72. The van der Waals surface area contributed by atoms with Crippen LogP contribution >= 0.6 is 0 Å². The van der Waals surface area contributed by atoms with Gasteiger partial charge in [-0.2, -0.15) is 0 Å². The molecule has 0 aromatic carbocycles. The Hall–Kier alpha value is -0.610. The van der Waals surface area contributed by atoms with E-state index in [0.29, 0.717) is 5.84 Å². The molecule has 1 N–H and O–H groups in total. The van der Waals surface area contributed by atoms with Gasteiger partial charge in [0.2, 0.25) is 0 Å². The molecule has 0 aromatic rings. The molecule has 4 nitrogen and oxygen atoms in total. The summed E-state index contributed by atoms with van der Waals surface area (Å²) in [5.41, 5.74) is -0.325. The van der Waals surface area contributed by atoms with E-state index < -0.39 is 0 Å². The summed E-state index contributed by atoms with van der Waals surface area (Å²) in [6.07, 6.45) is 3.33. The molecule has 0 spiro atoms. The van der Waals surface area contributed by atoms with Crippen LogP contribution in [0, 0.1) is 5.41 Å². The second-order valence-electron chi connectivity index (χ2n) is 5.18. The molecule has 0 amide bonds. The van der Waals surface area contributed by atoms with Gasteiger partial charge in [0.05, 0.1) is 0 Å². The van der Waals surface area contributed by atoms with Crippen molar-refractivity contribution < 1.29 is 4.74 Å². The third kappa shape index (κ3) is 2.38. The van der Waals surface area contributed by atoms with E-state index in [4.69, 9.17) is 10.1 Å². The van der Waals surface area contributed by atoms with Crippen molar-refractivity contribution in [2.45, 2.75) is 31.8 Å². The van der Waals surface area contributed by atoms with Gasteiger partial charge in [0, 0.05) is 32.8 Å². The fourth-order valence-corrected chi connectivity index (χ4v) is 2.49. The van der Waals surface area contributed by atoms with Crippen LogP contribution < -0.4 is 0 Å². The van der Waals surface area contributed by atoms with Gasteiger partial charge in [0.15, 0.2) is 0 Å². The summed E-state index contributed by atoms with van der Waals surface area (Å²) < 4.78 is 5.83. The highest BCUT2D eigenvalue weighted by molar-refractivity contribution is 5.87. The molecular weight excluding hydrogens is 202 g/mol. The first kappa shape index (κ1) is 11.9. The minimum absolute atomic E-state index is 0.325. The molecule has 92 valence electrons. The average Bonchev–Trinajstić information content (AvgIpc) is 2.30. The molecule has 1 unspecified atom stereocenters. The maximum absolute atomic E-state index is 8.32. The zero-order valence-electron chi connectivity index (χ0n) is 10.5. The molecule has 0 radical (unpaired) electrons. The Morgan fingerprint density at radius 1 is 1.19 bits per heavy atom. The molecule has 0 aromatic heterocycles. The topological polar surface area (TPSA) is 39.6 Å². The molecule has 2 rings (SSSR count). The van der Waals surface area contributed by atoms with E-state index >= 15 is 0 Å². The van der Waals surface area contributed by atoms with Crippen molar-refractivity contribution in [3.63, 3.8) is 0 Å². The SMILES string of the molecule is CN1CCN(C(=N)C2(C)CCCCO2)CC1. The first-order valence-corrected chi connectivity index (χ1v) is 6.28. The zero-order valence-corrected chi connectivity index (χ0v) is 10.5. The lowest BCUT2D eigenvalue weighted by atomic mass is 9.93. The Bertz CT molecular complexity index is 253. The molecule has 2 fully saturated rings. The van der Waals surface area contributed by atoms with Crippen molar-refractivity contribution in [2.24, 2.45) is 0 Å². The van der Waals surface area contributed by atoms with E-state index in [9.17, 15) is 0 Å². The predicted molar refractivity (Wildman–Crippen MR) is 65.0 cm³/mol. The van der Waals surface area contributed by atoms with E-state index in [1.165, 1.54) is 6.42 Å². The highest BCUT2D eigenvalue weighted by atomic mass is 16.5. The van der Waals surface area contributed by atoms with Crippen LogP contribution in [-0.4, -0.2) is 61.1 Å². The summed E-state index contributed by atoms with van der Waals surface area (Å²) in [7, 11) is 2.14. The van der Waals surface area contributed by atoms with Crippen molar-refractivity contribution in [2.75, 3.05) is 39.8 Å². The van der Waals surface area contributed by atoms with Crippen LogP contribution in [-0.2, 0) is 4.74 Å². The normalized spacial score (nSPS) is 32.8. The molecule has 0 saturated carbocycles. The van der Waals surface area contributed by atoms with Gasteiger partial charge in [0.1, 0.15) is 11.4 Å². The second-order valence-corrected chi connectivity index (χ2v) is 5.18. The largest absolute Gasteiger partial charge is 0.367 e. The molecule has 1 atom stereocenters. The van der Waals surface area contributed by atoms with Crippen LogP contribution in [0.5, 0.6) is 0 Å². The predicted octanol–water partition coefficient (Wildman–Crippen LogP) is 1.17. The first-order chi connectivity index (χ1) is 7.62. The van der Waals surface area contributed by atoms with Crippen LogP contribution in [0.15, 0.2) is 0 Å². The molecule has 2 heterocycles. The highest BCUT2D eigenvalue weighted by Gasteiger charge is 2.36. The number of nitrogens with zero attached hydrogens (tertiary/aromatic N) is 2. The Morgan fingerprint density at radius 2 is 1.88 bits per heavy atom. The van der Waals surface area contributed by atoms with Crippen molar-refractivity contribution >= 4 is 5.84 Å². The number of likely N-dealkylation sites (N-methyl/N-ethyl adjacent to an activating group) is 1. The number of rotatable bonds is 1. The van der Waals surface area contributed by atoms with Crippen molar-refractivity contribution in [3.8, 4) is 0 Å². The van der Waals surface area contributed by atoms with Crippen LogP contribution in [0.25, 0.3) is 0 Å². The summed E-state index contributed by atoms with van der Waals surface area (Å²) in [4.78, 5) is 4.50. The molecule has 16 heavy (non-hydrogen) atoms. The van der Waals surface area contributed by atoms with E-state index in [-0.39, 0.29) is 5.60 Å². The Kier molecular flexibility index (Phi) is 3.50. The van der Waals surface area contributed by atoms with Crippen LogP contribution in [0.4, 0.5) is 0 Å². The fourth-order valence-electron chi connectivity index (χ4n) is 2.49. The Balaban J connectivity index is 1.95. The first-order valence-electron chi connectivity index (χ1n) is 6.28. The number of hydrogen-bond acceptors (Lipinski definition) is 3. The minimum Gasteiger partial charge on any atom is -0.367 e. The van der Waals surface area contributed by atoms with E-state index in [1.807, 2.05) is 0 Å². The number of piperazine rings is 1. The van der Waals surface area contributed by atoms with Gasteiger partial charge in [-0.15, -0.1) is 0 Å². The van der Waals surface area contributed by atoms with Gasteiger partial charge < -0.3 is 14.5 Å². The summed E-state index contributed by atoms with van der Waals surface area (Å²) >= 11 is 0. The van der Waals surface area contributed by atoms with Crippen molar-refractivity contribution in [1.29, 1.82) is 5.41 Å². The smallest absolute Gasteiger partial charge is 0.129 e. The quantitative estimate of drug-likeness (QED) is 0.538. The van der Waals surface area contributed by atoms with Gasteiger partial charge in [-0.1, -0.05) is 0 Å². The molecule has 2 saturated heterocycles. The summed E-state index contributed by atoms with van der Waals surface area (Å²) in [6, 6.07) is 0. The molecule has 4 heteroatoms. The standard InChI is InChI=1S/C12H23N3O/c1-12(5-3-4-10-16-12)11(13)15-8-6-14(2)7-9-15/h13H,3-10H2,1-2H3. The lowest BCUT2D eigenvalue weighted by molar-refractivity contribution is -0.0251. The van der Waals surface area contributed by atoms with Gasteiger partial charge in [-0.25, -0.2) is 0 Å². The fraction of sp³-hybridized carbons (Fsp3) is 0.917. The Morgan fingerprint density at radius 3 is 2.44 bits per heavy atom. The maximum atomic E-state index is 8.32. The van der Waals surface area contributed by atoms with Gasteiger partial charge >= 0.3 is 0 Å². The van der Waals surface area contributed by atoms with Gasteiger partial charge in [0.25, 0.3) is 0 Å². The number of hydrogen-bond donors (Lipinski definition) is 1. The molecular formula is C12H23N3O. The lowest BCUT2D eigenvalue weighted by Crippen LogP contribution is -2.55. The Labute approximate surface area is 98.1 Å². The third-order valence-corrected chi connectivity index (χ3v) is 3.79. The minimum atomic E-state index is -0.325. The number of ether oxygens (including phenoxy) is 1. The van der Waals surface area contributed by atoms with Gasteiger partial charge in [-0.3, -0.25) is 5.41 Å². The monoisotopic (exact) mass is 225 g/mol. The van der Waals surface area contributed by atoms with E-state index in [1.54, 1.807) is 0 Å². The van der Waals surface area contributed by atoms with Gasteiger partial charge in [-0.05, 0) is 33.2 Å². The highest BCUT2D eigenvalue weighted by Crippen LogP contribution is 2.27. The summed E-state index contributed by atoms with van der Waals surface area (Å²) in [5, 5.41) is 8.32. The van der Waals surface area contributed by atoms with E-state index in [2.05, 4.69) is 23.8 Å². The van der Waals surface area contributed by atoms with E-state index in [0.717, 1.165) is 45.6 Å². The summed E-state index contributed by atoms with van der Waals surface area (Å²) in [5.74, 6) is 0.695. The van der Waals surface area contributed by atoms with Crippen molar-refractivity contribution in [3.05, 3.63) is 0 Å². The summed E-state index contributed by atoms with van der Waals surface area (Å²) in [6.45, 7) is 6.93. The average molecular weight is 225 g/mol. The number of nitrogens with one attached hydrogen (secondary N) is 1. The van der Waals surface area contributed by atoms with Crippen LogP contribution in [0.3, 0.4) is 0 Å². The zero-order chi connectivity index (χ0) is 11.6. The molecule has 0 bridgehead atoms. The lowest BCUT2D eigenvalue weighted by Gasteiger charge is -2.42. The van der Waals surface area contributed by atoms with Crippen LogP contribution in [0.1, 0.15) is 26.2 Å². The number of amidine groups is 1.